The highest BCUT2D eigenvalue weighted by Crippen LogP contribution is 2.20. The molecule has 2 heterocycles. The zero-order chi connectivity index (χ0) is 50.8. The number of aromatic nitrogens is 4. The number of urea groups is 2. The van der Waals surface area contributed by atoms with Crippen LogP contribution in [0.4, 0.5) is 21.5 Å². The fourth-order valence-electron chi connectivity index (χ4n) is 8.59. The summed E-state index contributed by atoms with van der Waals surface area (Å²) in [6.07, 6.45) is 38.6. The SMILES string of the molecule is C=CCCCCCCCCCCc1cc(OCc2ccccc2)nc(NC(=O)NCCCCCCCCCCCCNC(=O)Nc2nc(CCCCCCCCCCC=C)cc(OCc3ccccc3)n2)n1. The van der Waals surface area contributed by atoms with E-state index in [1.165, 1.54) is 103 Å². The van der Waals surface area contributed by atoms with Crippen molar-refractivity contribution in [1.29, 1.82) is 0 Å². The molecule has 0 aliphatic carbocycles. The van der Waals surface area contributed by atoms with Gasteiger partial charge < -0.3 is 20.1 Å². The third kappa shape index (κ3) is 29.5. The predicted molar refractivity (Wildman–Crippen MR) is 297 cm³/mol. The van der Waals surface area contributed by atoms with Crippen molar-refractivity contribution in [1.82, 2.24) is 30.6 Å². The monoisotopic (exact) mass is 987 g/mol. The minimum absolute atomic E-state index is 0.272. The second-order valence-electron chi connectivity index (χ2n) is 19.2. The van der Waals surface area contributed by atoms with Gasteiger partial charge in [0, 0.05) is 36.6 Å². The molecule has 12 nitrogen and oxygen atoms in total. The van der Waals surface area contributed by atoms with E-state index >= 15 is 0 Å². The number of carbonyl (C=O) groups excluding carboxylic acids is 2. The van der Waals surface area contributed by atoms with Crippen molar-refractivity contribution in [3.63, 3.8) is 0 Å². The van der Waals surface area contributed by atoms with Gasteiger partial charge in [-0.2, -0.15) is 9.97 Å². The number of benzene rings is 2. The molecule has 0 radical (unpaired) electrons. The summed E-state index contributed by atoms with van der Waals surface area (Å²) in [5.41, 5.74) is 3.87. The van der Waals surface area contributed by atoms with Crippen LogP contribution in [0.15, 0.2) is 98.1 Å². The first-order chi connectivity index (χ1) is 35.5. The summed E-state index contributed by atoms with van der Waals surface area (Å²) in [7, 11) is 0. The molecule has 2 aromatic carbocycles. The molecule has 2 aromatic heterocycles. The highest BCUT2D eigenvalue weighted by molar-refractivity contribution is 5.87. The molecular formula is C60H90N8O4. The van der Waals surface area contributed by atoms with Gasteiger partial charge >= 0.3 is 12.1 Å². The highest BCUT2D eigenvalue weighted by Gasteiger charge is 2.12. The first kappa shape index (κ1) is 58.8. The maximum atomic E-state index is 12.8. The number of ether oxygens (including phenoxy) is 2. The van der Waals surface area contributed by atoms with Gasteiger partial charge in [-0.25, -0.2) is 19.6 Å². The standard InChI is InChI=1S/C60H90N8O4/c1-3-5-7-9-11-13-17-21-25-35-43-53-47-55(71-49-51-39-31-29-32-40-51)65-57(63-53)67-59(69)61-45-37-27-23-19-15-16-20-24-28-38-46-62-60(70)68-58-64-54(44-36-26-22-18-14-12-10-8-6-4-2)48-56(66-58)72-50-52-41-33-30-34-42-52/h3-4,29-34,39-42,47-48H,1-2,5-28,35-38,43-46,49-50H2,(H2,61,63,65,67,69)(H2,62,64,66,68,70). The first-order valence-electron chi connectivity index (χ1n) is 27.9. The number of carbonyl (C=O) groups is 2. The molecule has 0 aliphatic rings. The van der Waals surface area contributed by atoms with E-state index in [1.54, 1.807) is 0 Å². The van der Waals surface area contributed by atoms with Gasteiger partial charge in [-0.15, -0.1) is 13.2 Å². The van der Waals surface area contributed by atoms with Gasteiger partial charge in [-0.3, -0.25) is 10.6 Å². The highest BCUT2D eigenvalue weighted by atomic mass is 16.5. The number of allylic oxidation sites excluding steroid dienone is 2. The Morgan fingerprint density at radius 2 is 0.736 bits per heavy atom. The van der Waals surface area contributed by atoms with Crippen molar-refractivity contribution in [2.24, 2.45) is 0 Å². The third-order valence-electron chi connectivity index (χ3n) is 12.8. The third-order valence-corrected chi connectivity index (χ3v) is 12.8. The lowest BCUT2D eigenvalue weighted by Crippen LogP contribution is -2.30. The fourth-order valence-corrected chi connectivity index (χ4v) is 8.59. The number of nitrogens with zero attached hydrogens (tertiary/aromatic N) is 4. The molecule has 0 aliphatic heterocycles. The number of hydrogen-bond acceptors (Lipinski definition) is 8. The van der Waals surface area contributed by atoms with Gasteiger partial charge in [-0.1, -0.05) is 201 Å². The van der Waals surface area contributed by atoms with Crippen LogP contribution in [0.25, 0.3) is 0 Å². The topological polar surface area (TPSA) is 152 Å². The van der Waals surface area contributed by atoms with Crippen molar-refractivity contribution in [2.45, 2.75) is 206 Å². The molecular weight excluding hydrogens is 897 g/mol. The molecule has 0 saturated heterocycles. The Labute approximate surface area is 433 Å². The van der Waals surface area contributed by atoms with E-state index in [2.05, 4.69) is 54.4 Å². The molecule has 72 heavy (non-hydrogen) atoms. The van der Waals surface area contributed by atoms with Crippen LogP contribution in [0.5, 0.6) is 11.8 Å². The van der Waals surface area contributed by atoms with E-state index in [0.29, 0.717) is 38.1 Å². The van der Waals surface area contributed by atoms with Crippen LogP contribution in [0.2, 0.25) is 0 Å². The van der Waals surface area contributed by atoms with Gasteiger partial charge in [0.15, 0.2) is 0 Å². The van der Waals surface area contributed by atoms with E-state index in [9.17, 15) is 9.59 Å². The molecule has 0 saturated carbocycles. The van der Waals surface area contributed by atoms with Gasteiger partial charge in [0.2, 0.25) is 23.7 Å². The summed E-state index contributed by atoms with van der Waals surface area (Å²) in [4.78, 5) is 44.1. The Bertz CT molecular complexity index is 1890. The summed E-state index contributed by atoms with van der Waals surface area (Å²) >= 11 is 0. The lowest BCUT2D eigenvalue weighted by Gasteiger charge is -2.11. The molecule has 12 heteroatoms. The Balaban J connectivity index is 1.03. The van der Waals surface area contributed by atoms with Crippen LogP contribution in [0.1, 0.15) is 202 Å². The maximum Gasteiger partial charge on any atom is 0.321 e. The molecule has 0 unspecified atom stereocenters. The molecule has 0 spiro atoms. The van der Waals surface area contributed by atoms with E-state index < -0.39 is 0 Å². The molecule has 4 amide bonds. The van der Waals surface area contributed by atoms with E-state index in [-0.39, 0.29) is 24.0 Å². The lowest BCUT2D eigenvalue weighted by atomic mass is 10.1. The lowest BCUT2D eigenvalue weighted by molar-refractivity contribution is 0.250. The normalized spacial score (nSPS) is 10.9. The molecule has 4 rings (SSSR count). The summed E-state index contributed by atoms with van der Waals surface area (Å²) < 4.78 is 12.1. The van der Waals surface area contributed by atoms with Gasteiger partial charge in [0.25, 0.3) is 0 Å². The van der Waals surface area contributed by atoms with Crippen LogP contribution in [-0.4, -0.2) is 45.1 Å². The van der Waals surface area contributed by atoms with E-state index in [0.717, 1.165) is 112 Å². The second kappa shape index (κ2) is 39.8. The van der Waals surface area contributed by atoms with Crippen LogP contribution in [-0.2, 0) is 26.1 Å². The Hall–Kier alpha value is -5.78. The number of unbranched alkanes of at least 4 members (excludes halogenated alkanes) is 25. The van der Waals surface area contributed by atoms with Gasteiger partial charge in [0.05, 0.1) is 0 Å². The quantitative estimate of drug-likeness (QED) is 0.0253. The molecule has 4 aromatic rings. The minimum Gasteiger partial charge on any atom is -0.473 e. The molecule has 0 atom stereocenters. The number of amides is 4. The Kier molecular flexibility index (Phi) is 32.5. The zero-order valence-electron chi connectivity index (χ0n) is 44.0. The smallest absolute Gasteiger partial charge is 0.321 e. The Morgan fingerprint density at radius 1 is 0.417 bits per heavy atom. The zero-order valence-corrected chi connectivity index (χ0v) is 44.0. The van der Waals surface area contributed by atoms with Crippen molar-refractivity contribution < 1.29 is 19.1 Å². The largest absolute Gasteiger partial charge is 0.473 e. The van der Waals surface area contributed by atoms with Crippen molar-refractivity contribution in [3.8, 4) is 11.8 Å². The van der Waals surface area contributed by atoms with Crippen molar-refractivity contribution >= 4 is 24.0 Å². The number of hydrogen-bond donors (Lipinski definition) is 4. The van der Waals surface area contributed by atoms with Crippen LogP contribution in [0, 0.1) is 0 Å². The molecule has 394 valence electrons. The van der Waals surface area contributed by atoms with Crippen LogP contribution in [0.3, 0.4) is 0 Å². The number of nitrogens with one attached hydrogen (secondary N) is 4. The number of aryl methyl sites for hydroxylation is 2. The predicted octanol–water partition coefficient (Wildman–Crippen LogP) is 15.7. The van der Waals surface area contributed by atoms with Gasteiger partial charge in [0.1, 0.15) is 13.2 Å². The first-order valence-corrected chi connectivity index (χ1v) is 27.9. The fraction of sp³-hybridized carbons (Fsp3) is 0.567. The summed E-state index contributed by atoms with van der Waals surface area (Å²) in [5, 5.41) is 11.7. The number of rotatable bonds is 43. The number of anilines is 2. The van der Waals surface area contributed by atoms with E-state index in [4.69, 9.17) is 9.47 Å². The average molecular weight is 987 g/mol. The van der Waals surface area contributed by atoms with Crippen molar-refractivity contribution in [3.05, 3.63) is 121 Å². The van der Waals surface area contributed by atoms with Gasteiger partial charge in [-0.05, 0) is 75.3 Å². The Morgan fingerprint density at radius 3 is 1.08 bits per heavy atom. The molecule has 0 bridgehead atoms. The maximum absolute atomic E-state index is 12.8. The molecule has 4 N–H and O–H groups in total. The van der Waals surface area contributed by atoms with Crippen molar-refractivity contribution in [2.75, 3.05) is 23.7 Å². The minimum atomic E-state index is -0.295. The average Bonchev–Trinajstić information content (AvgIpc) is 3.39. The summed E-state index contributed by atoms with van der Waals surface area (Å²) in [6.45, 7) is 9.62. The summed E-state index contributed by atoms with van der Waals surface area (Å²) in [5.74, 6) is 1.48. The molecule has 0 fully saturated rings. The van der Waals surface area contributed by atoms with Crippen LogP contribution >= 0.6 is 0 Å². The second-order valence-corrected chi connectivity index (χ2v) is 19.2. The van der Waals surface area contributed by atoms with E-state index in [1.807, 2.05) is 84.9 Å². The summed E-state index contributed by atoms with van der Waals surface area (Å²) in [6, 6.07) is 23.2. The van der Waals surface area contributed by atoms with Crippen LogP contribution < -0.4 is 30.7 Å².